The van der Waals surface area contributed by atoms with Gasteiger partial charge in [0.1, 0.15) is 5.75 Å². The highest BCUT2D eigenvalue weighted by Gasteiger charge is 2.18. The summed E-state index contributed by atoms with van der Waals surface area (Å²) in [5.41, 5.74) is 4.02. The number of amides is 1. The molecule has 4 rings (SSSR count). The van der Waals surface area contributed by atoms with Crippen molar-refractivity contribution >= 4 is 34.2 Å². The van der Waals surface area contributed by atoms with Gasteiger partial charge < -0.3 is 10.1 Å². The smallest absolute Gasteiger partial charge is 0.251 e. The first-order chi connectivity index (χ1) is 14.4. The van der Waals surface area contributed by atoms with Crippen molar-refractivity contribution in [2.75, 3.05) is 13.7 Å². The number of ether oxygens (including phenoxy) is 1. The second kappa shape index (κ2) is 7.91. The molecule has 8 heteroatoms. The molecule has 1 amide bonds. The van der Waals surface area contributed by atoms with Crippen LogP contribution in [0.4, 0.5) is 0 Å². The molecule has 7 nitrogen and oxygen atoms in total. The van der Waals surface area contributed by atoms with E-state index in [-0.39, 0.29) is 5.91 Å². The minimum Gasteiger partial charge on any atom is -0.493 e. The van der Waals surface area contributed by atoms with Crippen LogP contribution in [0.25, 0.3) is 28.1 Å². The predicted octanol–water partition coefficient (Wildman–Crippen LogP) is 4.30. The van der Waals surface area contributed by atoms with Crippen LogP contribution in [-0.2, 0) is 0 Å². The van der Waals surface area contributed by atoms with Gasteiger partial charge in [0, 0.05) is 18.2 Å². The van der Waals surface area contributed by atoms with Crippen molar-refractivity contribution in [1.82, 2.24) is 24.9 Å². The first-order valence-electron chi connectivity index (χ1n) is 9.69. The molecule has 30 heavy (non-hydrogen) atoms. The van der Waals surface area contributed by atoms with Gasteiger partial charge in [-0.15, -0.1) is 10.2 Å². The molecular weight excluding hydrogens is 402 g/mol. The van der Waals surface area contributed by atoms with E-state index in [1.54, 1.807) is 25.2 Å². The summed E-state index contributed by atoms with van der Waals surface area (Å²) < 4.78 is 7.75. The molecule has 0 aliphatic heterocycles. The van der Waals surface area contributed by atoms with Crippen LogP contribution in [-0.4, -0.2) is 39.1 Å². The van der Waals surface area contributed by atoms with Gasteiger partial charge in [-0.1, -0.05) is 25.4 Å². The summed E-state index contributed by atoms with van der Waals surface area (Å²) in [5.74, 6) is 1.50. The number of fused-ring (bicyclic) bond motifs is 3. The first kappa shape index (κ1) is 20.1. The quantitative estimate of drug-likeness (QED) is 0.517. The zero-order valence-corrected chi connectivity index (χ0v) is 18.0. The maximum atomic E-state index is 12.2. The Bertz CT molecular complexity index is 1270. The lowest BCUT2D eigenvalue weighted by Crippen LogP contribution is -2.17. The summed E-state index contributed by atoms with van der Waals surface area (Å²) in [7, 11) is 1.60. The Kier molecular flexibility index (Phi) is 5.30. The number of carbonyl (C=O) groups is 1. The molecule has 0 aliphatic carbocycles. The molecule has 0 radical (unpaired) electrons. The summed E-state index contributed by atoms with van der Waals surface area (Å²) in [6.07, 6.45) is 0. The van der Waals surface area contributed by atoms with E-state index >= 15 is 0 Å². The molecule has 2 aromatic heterocycles. The number of nitrogens with zero attached hydrogens (tertiary/aromatic N) is 4. The molecule has 0 bridgehead atoms. The first-order valence-corrected chi connectivity index (χ1v) is 10.1. The van der Waals surface area contributed by atoms with Crippen molar-refractivity contribution in [3.63, 3.8) is 0 Å². The summed E-state index contributed by atoms with van der Waals surface area (Å²) in [6.45, 7) is 6.66. The van der Waals surface area contributed by atoms with E-state index in [0.717, 1.165) is 16.7 Å². The Morgan fingerprint density at radius 3 is 2.73 bits per heavy atom. The number of carbonyl (C=O) groups excluding carboxylic acids is 1. The third-order valence-electron chi connectivity index (χ3n) is 4.74. The highest BCUT2D eigenvalue weighted by atomic mass is 35.5. The normalized spacial score (nSPS) is 11.4. The van der Waals surface area contributed by atoms with Crippen molar-refractivity contribution in [2.24, 2.45) is 5.92 Å². The van der Waals surface area contributed by atoms with Crippen LogP contribution in [0.3, 0.4) is 0 Å². The van der Waals surface area contributed by atoms with Crippen molar-refractivity contribution in [2.45, 2.75) is 20.8 Å². The number of rotatable bonds is 5. The number of aromatic nitrogens is 4. The number of benzene rings is 2. The zero-order valence-electron chi connectivity index (χ0n) is 17.2. The van der Waals surface area contributed by atoms with E-state index < -0.39 is 0 Å². The van der Waals surface area contributed by atoms with Crippen LogP contribution in [0.1, 0.15) is 29.9 Å². The third-order valence-corrected chi connectivity index (χ3v) is 5.07. The zero-order chi connectivity index (χ0) is 21.4. The number of hydrogen-bond acceptors (Lipinski definition) is 5. The summed E-state index contributed by atoms with van der Waals surface area (Å²) in [4.78, 5) is 16.8. The molecule has 0 saturated heterocycles. The van der Waals surface area contributed by atoms with Gasteiger partial charge in [0.25, 0.3) is 5.91 Å². The molecule has 0 unspecified atom stereocenters. The molecule has 0 saturated carbocycles. The molecule has 154 valence electrons. The number of hydrogen-bond donors (Lipinski definition) is 1. The van der Waals surface area contributed by atoms with Crippen LogP contribution >= 0.6 is 11.6 Å². The molecule has 0 spiro atoms. The average molecular weight is 424 g/mol. The van der Waals surface area contributed by atoms with Crippen LogP contribution < -0.4 is 10.1 Å². The van der Waals surface area contributed by atoms with Gasteiger partial charge in [0.05, 0.1) is 28.4 Å². The van der Waals surface area contributed by atoms with Crippen LogP contribution in [0, 0.1) is 12.8 Å². The van der Waals surface area contributed by atoms with Crippen molar-refractivity contribution in [3.05, 3.63) is 52.7 Å². The maximum absolute atomic E-state index is 12.2. The van der Waals surface area contributed by atoms with Gasteiger partial charge in [-0.05, 0) is 49.2 Å². The predicted molar refractivity (Wildman–Crippen MR) is 117 cm³/mol. The summed E-state index contributed by atoms with van der Waals surface area (Å²) in [6, 6.07) is 10.8. The van der Waals surface area contributed by atoms with Gasteiger partial charge >= 0.3 is 0 Å². The largest absolute Gasteiger partial charge is 0.493 e. The molecule has 2 heterocycles. The van der Waals surface area contributed by atoms with Crippen molar-refractivity contribution < 1.29 is 9.53 Å². The minimum atomic E-state index is -0.178. The van der Waals surface area contributed by atoms with E-state index in [2.05, 4.69) is 34.3 Å². The molecule has 4 aromatic rings. The number of halogens is 1. The molecule has 0 fully saturated rings. The topological polar surface area (TPSA) is 81.4 Å². The SMILES string of the molecule is CNC(=O)c1ccc2nc(C)c3nnc(-c4cc(OCC(C)C)ccc4Cl)n3c2c1. The van der Waals surface area contributed by atoms with Gasteiger partial charge in [-0.3, -0.25) is 9.20 Å². The Morgan fingerprint density at radius 1 is 1.20 bits per heavy atom. The minimum absolute atomic E-state index is 0.178. The fraction of sp³-hybridized carbons (Fsp3) is 0.273. The lowest BCUT2D eigenvalue weighted by atomic mass is 10.1. The molecule has 2 aromatic carbocycles. The van der Waals surface area contributed by atoms with Crippen LogP contribution in [0.2, 0.25) is 5.02 Å². The fourth-order valence-electron chi connectivity index (χ4n) is 3.26. The maximum Gasteiger partial charge on any atom is 0.251 e. The third kappa shape index (κ3) is 3.57. The number of nitrogens with one attached hydrogen (secondary N) is 1. The Hall–Kier alpha value is -3.19. The highest BCUT2D eigenvalue weighted by Crippen LogP contribution is 2.33. The van der Waals surface area contributed by atoms with Crippen LogP contribution in [0.5, 0.6) is 5.75 Å². The monoisotopic (exact) mass is 423 g/mol. The Balaban J connectivity index is 1.96. The Labute approximate surface area is 179 Å². The molecule has 0 aliphatic rings. The lowest BCUT2D eigenvalue weighted by molar-refractivity contribution is 0.0963. The van der Waals surface area contributed by atoms with Gasteiger partial charge in [0.15, 0.2) is 11.5 Å². The molecular formula is C22H22ClN5O2. The van der Waals surface area contributed by atoms with E-state index in [0.29, 0.717) is 45.9 Å². The van der Waals surface area contributed by atoms with Gasteiger partial charge in [0.2, 0.25) is 0 Å². The number of aryl methyl sites for hydroxylation is 1. The second-order valence-electron chi connectivity index (χ2n) is 7.51. The van der Waals surface area contributed by atoms with E-state index in [9.17, 15) is 4.79 Å². The van der Waals surface area contributed by atoms with E-state index in [1.807, 2.05) is 29.5 Å². The van der Waals surface area contributed by atoms with Crippen molar-refractivity contribution in [1.29, 1.82) is 0 Å². The highest BCUT2D eigenvalue weighted by molar-refractivity contribution is 6.33. The van der Waals surface area contributed by atoms with E-state index in [1.165, 1.54) is 0 Å². The second-order valence-corrected chi connectivity index (χ2v) is 7.92. The fourth-order valence-corrected chi connectivity index (χ4v) is 3.46. The standard InChI is InChI=1S/C22H22ClN5O2/c1-12(2)11-30-15-6-7-17(23)16(10-15)21-27-26-20-13(3)25-18-8-5-14(22(29)24-4)9-19(18)28(20)21/h5-10,12H,11H2,1-4H3,(H,24,29). The average Bonchev–Trinajstić information content (AvgIpc) is 3.18. The Morgan fingerprint density at radius 2 is 2.00 bits per heavy atom. The van der Waals surface area contributed by atoms with Crippen molar-refractivity contribution in [3.8, 4) is 17.1 Å². The van der Waals surface area contributed by atoms with Crippen LogP contribution in [0.15, 0.2) is 36.4 Å². The summed E-state index contributed by atoms with van der Waals surface area (Å²) in [5, 5.41) is 11.9. The van der Waals surface area contributed by atoms with Gasteiger partial charge in [-0.2, -0.15) is 0 Å². The lowest BCUT2D eigenvalue weighted by Gasteiger charge is -2.12. The molecule has 0 atom stereocenters. The summed E-state index contributed by atoms with van der Waals surface area (Å²) >= 11 is 6.53. The van der Waals surface area contributed by atoms with Gasteiger partial charge in [-0.25, -0.2) is 4.98 Å². The molecule has 1 N–H and O–H groups in total. The van der Waals surface area contributed by atoms with E-state index in [4.69, 9.17) is 16.3 Å².